The molecule has 1 amide bonds. The van der Waals surface area contributed by atoms with E-state index in [4.69, 9.17) is 0 Å². The van der Waals surface area contributed by atoms with E-state index in [9.17, 15) is 4.79 Å². The lowest BCUT2D eigenvalue weighted by Gasteiger charge is -2.32. The molecule has 3 heteroatoms. The zero-order chi connectivity index (χ0) is 15.2. The van der Waals surface area contributed by atoms with Crippen molar-refractivity contribution in [3.8, 4) is 0 Å². The number of anilines is 1. The number of likely N-dealkylation sites (tertiary alicyclic amines) is 1. The van der Waals surface area contributed by atoms with Crippen LogP contribution in [0.2, 0.25) is 0 Å². The van der Waals surface area contributed by atoms with Crippen molar-refractivity contribution in [2.75, 3.05) is 25.0 Å². The number of hydrogen-bond acceptors (Lipinski definition) is 2. The van der Waals surface area contributed by atoms with Crippen LogP contribution >= 0.6 is 0 Å². The molecule has 0 unspecified atom stereocenters. The maximum Gasteiger partial charge on any atom is 0.254 e. The van der Waals surface area contributed by atoms with Crippen LogP contribution in [-0.2, 0) is 0 Å². The number of nitrogens with zero attached hydrogens (tertiary/aromatic N) is 1. The number of rotatable bonds is 5. The Kier molecular flexibility index (Phi) is 5.66. The maximum atomic E-state index is 12.6. The zero-order valence-electron chi connectivity index (χ0n) is 13.6. The minimum absolute atomic E-state index is 0.198. The van der Waals surface area contributed by atoms with Gasteiger partial charge in [-0.3, -0.25) is 4.79 Å². The lowest BCUT2D eigenvalue weighted by Crippen LogP contribution is -2.38. The first-order valence-electron chi connectivity index (χ1n) is 8.29. The summed E-state index contributed by atoms with van der Waals surface area (Å²) < 4.78 is 0. The number of piperidine rings is 1. The van der Waals surface area contributed by atoms with E-state index in [1.54, 1.807) is 0 Å². The fraction of sp³-hybridized carbons (Fsp3) is 0.611. The van der Waals surface area contributed by atoms with Crippen LogP contribution in [0, 0.1) is 12.8 Å². The van der Waals surface area contributed by atoms with Crippen LogP contribution in [0.4, 0.5) is 5.69 Å². The van der Waals surface area contributed by atoms with E-state index in [0.29, 0.717) is 0 Å². The first kappa shape index (κ1) is 15.9. The molecule has 1 saturated heterocycles. The van der Waals surface area contributed by atoms with Gasteiger partial charge in [-0.05, 0) is 55.9 Å². The molecule has 2 rings (SSSR count). The van der Waals surface area contributed by atoms with Crippen molar-refractivity contribution in [3.05, 3.63) is 29.3 Å². The maximum absolute atomic E-state index is 12.6. The summed E-state index contributed by atoms with van der Waals surface area (Å²) in [7, 11) is 0. The monoisotopic (exact) mass is 288 g/mol. The van der Waals surface area contributed by atoms with Gasteiger partial charge in [0.2, 0.25) is 0 Å². The van der Waals surface area contributed by atoms with Crippen LogP contribution in [0.1, 0.15) is 55.5 Å². The number of carbonyl (C=O) groups is 1. The summed E-state index contributed by atoms with van der Waals surface area (Å²) in [5.41, 5.74) is 3.03. The van der Waals surface area contributed by atoms with E-state index >= 15 is 0 Å². The van der Waals surface area contributed by atoms with Gasteiger partial charge in [0.25, 0.3) is 5.91 Å². The summed E-state index contributed by atoms with van der Waals surface area (Å²) in [6.07, 6.45) is 4.64. The average molecular weight is 288 g/mol. The van der Waals surface area contributed by atoms with E-state index in [1.807, 2.05) is 24.0 Å². The molecule has 1 aromatic carbocycles. The Morgan fingerprint density at radius 3 is 2.57 bits per heavy atom. The fourth-order valence-corrected chi connectivity index (χ4v) is 3.00. The van der Waals surface area contributed by atoms with Gasteiger partial charge >= 0.3 is 0 Å². The highest BCUT2D eigenvalue weighted by Crippen LogP contribution is 2.23. The van der Waals surface area contributed by atoms with Crippen LogP contribution in [0.5, 0.6) is 0 Å². The first-order valence-corrected chi connectivity index (χ1v) is 8.29. The summed E-state index contributed by atoms with van der Waals surface area (Å²) in [5.74, 6) is 1.000. The molecule has 0 bridgehead atoms. The Morgan fingerprint density at radius 2 is 2.00 bits per heavy atom. The van der Waals surface area contributed by atoms with Gasteiger partial charge in [-0.2, -0.15) is 0 Å². The van der Waals surface area contributed by atoms with Gasteiger partial charge in [0.15, 0.2) is 0 Å². The highest BCUT2D eigenvalue weighted by molar-refractivity contribution is 5.96. The largest absolute Gasteiger partial charge is 0.385 e. The smallest absolute Gasteiger partial charge is 0.254 e. The molecule has 0 aliphatic carbocycles. The van der Waals surface area contributed by atoms with Crippen molar-refractivity contribution in [1.29, 1.82) is 0 Å². The molecule has 0 radical (unpaired) electrons. The fourth-order valence-electron chi connectivity index (χ4n) is 3.00. The molecule has 116 valence electrons. The van der Waals surface area contributed by atoms with Gasteiger partial charge in [-0.15, -0.1) is 0 Å². The third-order valence-electron chi connectivity index (χ3n) is 4.52. The van der Waals surface area contributed by atoms with Crippen molar-refractivity contribution in [3.63, 3.8) is 0 Å². The van der Waals surface area contributed by atoms with Crippen LogP contribution in [0.25, 0.3) is 0 Å². The molecule has 0 saturated carbocycles. The van der Waals surface area contributed by atoms with Gasteiger partial charge < -0.3 is 10.2 Å². The molecular weight excluding hydrogens is 260 g/mol. The Morgan fingerprint density at radius 1 is 1.29 bits per heavy atom. The number of benzene rings is 1. The molecule has 1 fully saturated rings. The molecule has 1 aromatic rings. The second-order valence-corrected chi connectivity index (χ2v) is 6.10. The minimum Gasteiger partial charge on any atom is -0.385 e. The predicted octanol–water partition coefficient (Wildman–Crippen LogP) is 4.08. The Balaban J connectivity index is 2.02. The highest BCUT2D eigenvalue weighted by Gasteiger charge is 2.23. The molecule has 0 atom stereocenters. The number of amides is 1. The van der Waals surface area contributed by atoms with Gasteiger partial charge in [0.05, 0.1) is 0 Å². The second kappa shape index (κ2) is 7.48. The molecule has 3 nitrogen and oxygen atoms in total. The third kappa shape index (κ3) is 3.99. The summed E-state index contributed by atoms with van der Waals surface area (Å²) in [4.78, 5) is 14.7. The minimum atomic E-state index is 0.198. The third-order valence-corrected chi connectivity index (χ3v) is 4.52. The number of nitrogens with one attached hydrogen (secondary N) is 1. The van der Waals surface area contributed by atoms with Crippen LogP contribution in [-0.4, -0.2) is 30.4 Å². The first-order chi connectivity index (χ1) is 10.2. The molecule has 21 heavy (non-hydrogen) atoms. The molecule has 1 N–H and O–H groups in total. The van der Waals surface area contributed by atoms with Crippen molar-refractivity contribution in [2.24, 2.45) is 5.92 Å². The van der Waals surface area contributed by atoms with Crippen molar-refractivity contribution in [2.45, 2.75) is 46.5 Å². The van der Waals surface area contributed by atoms with Gasteiger partial charge in [-0.1, -0.05) is 20.3 Å². The Labute approximate surface area is 128 Å². The lowest BCUT2D eigenvalue weighted by atomic mass is 9.94. The van der Waals surface area contributed by atoms with E-state index in [2.05, 4.69) is 25.2 Å². The zero-order valence-corrected chi connectivity index (χ0v) is 13.6. The van der Waals surface area contributed by atoms with E-state index in [1.165, 1.54) is 6.42 Å². The summed E-state index contributed by atoms with van der Waals surface area (Å²) in [6, 6.07) is 6.08. The molecule has 0 spiro atoms. The summed E-state index contributed by atoms with van der Waals surface area (Å²) in [5, 5.41) is 3.37. The predicted molar refractivity (Wildman–Crippen MR) is 88.9 cm³/mol. The van der Waals surface area contributed by atoms with Crippen molar-refractivity contribution in [1.82, 2.24) is 4.90 Å². The molecule has 0 aromatic heterocycles. The van der Waals surface area contributed by atoms with Crippen LogP contribution in [0.3, 0.4) is 0 Å². The van der Waals surface area contributed by atoms with Crippen molar-refractivity contribution >= 4 is 11.6 Å². The van der Waals surface area contributed by atoms with Crippen LogP contribution in [0.15, 0.2) is 18.2 Å². The molecular formula is C18H28N2O. The van der Waals surface area contributed by atoms with E-state index in [0.717, 1.165) is 61.6 Å². The van der Waals surface area contributed by atoms with Crippen LogP contribution < -0.4 is 5.32 Å². The average Bonchev–Trinajstić information content (AvgIpc) is 2.52. The summed E-state index contributed by atoms with van der Waals surface area (Å²) in [6.45, 7) is 9.21. The lowest BCUT2D eigenvalue weighted by molar-refractivity contribution is 0.0688. The molecule has 1 heterocycles. The Bertz CT molecular complexity index is 476. The highest BCUT2D eigenvalue weighted by atomic mass is 16.2. The topological polar surface area (TPSA) is 32.3 Å². The molecule has 1 aliphatic heterocycles. The molecule has 1 aliphatic rings. The van der Waals surface area contributed by atoms with Gasteiger partial charge in [-0.25, -0.2) is 0 Å². The van der Waals surface area contributed by atoms with E-state index < -0.39 is 0 Å². The summed E-state index contributed by atoms with van der Waals surface area (Å²) >= 11 is 0. The quantitative estimate of drug-likeness (QED) is 0.885. The normalized spacial score (nSPS) is 16.0. The van der Waals surface area contributed by atoms with Crippen molar-refractivity contribution < 1.29 is 4.79 Å². The number of carbonyl (C=O) groups excluding carboxylic acids is 1. The SMILES string of the molecule is CCCNc1ccc(C(=O)N2CCC(CC)CC2)c(C)c1. The van der Waals surface area contributed by atoms with Gasteiger partial charge in [0, 0.05) is 30.9 Å². The van der Waals surface area contributed by atoms with Gasteiger partial charge in [0.1, 0.15) is 0 Å². The standard InChI is InChI=1S/C18H28N2O/c1-4-10-19-16-6-7-17(14(3)13-16)18(21)20-11-8-15(5-2)9-12-20/h6-7,13,15,19H,4-5,8-12H2,1-3H3. The number of aryl methyl sites for hydroxylation is 1. The van der Waals surface area contributed by atoms with E-state index in [-0.39, 0.29) is 5.91 Å². The number of hydrogen-bond donors (Lipinski definition) is 1. The Hall–Kier alpha value is -1.51. The second-order valence-electron chi connectivity index (χ2n) is 6.10.